The van der Waals surface area contributed by atoms with Crippen LogP contribution in [0.1, 0.15) is 11.1 Å². The Morgan fingerprint density at radius 3 is 2.22 bits per heavy atom. The quantitative estimate of drug-likeness (QED) is 0.797. The van der Waals surface area contributed by atoms with Crippen molar-refractivity contribution in [1.29, 1.82) is 5.26 Å². The summed E-state index contributed by atoms with van der Waals surface area (Å²) >= 11 is 0. The van der Waals surface area contributed by atoms with E-state index in [4.69, 9.17) is 0 Å². The molecule has 0 bridgehead atoms. The van der Waals surface area contributed by atoms with Crippen molar-refractivity contribution in [2.45, 2.75) is 11.8 Å². The van der Waals surface area contributed by atoms with Gasteiger partial charge in [-0.15, -0.1) is 0 Å². The van der Waals surface area contributed by atoms with E-state index in [9.17, 15) is 13.7 Å². The summed E-state index contributed by atoms with van der Waals surface area (Å²) in [5.74, 6) is 0. The summed E-state index contributed by atoms with van der Waals surface area (Å²) in [5, 5.41) is 10.6. The molecule has 1 N–H and O–H groups in total. The van der Waals surface area contributed by atoms with E-state index in [-0.39, 0.29) is 4.90 Å². The van der Waals surface area contributed by atoms with Gasteiger partial charge in [-0.2, -0.15) is 5.26 Å². The molecule has 5 heteroatoms. The van der Waals surface area contributed by atoms with Gasteiger partial charge >= 0.3 is 0 Å². The Labute approximate surface area is 135 Å². The number of hydrogen-bond donors (Lipinski definition) is 1. The number of rotatable bonds is 3. The summed E-state index contributed by atoms with van der Waals surface area (Å²) in [7, 11) is -3.67. The van der Waals surface area contributed by atoms with Crippen LogP contribution in [0.3, 0.4) is 0 Å². The molecule has 0 fully saturated rings. The number of nitrogens with one attached hydrogen (secondary N) is 1. The van der Waals surface area contributed by atoms with Crippen molar-refractivity contribution in [2.24, 2.45) is 0 Å². The van der Waals surface area contributed by atoms with Crippen molar-refractivity contribution < 1.29 is 8.42 Å². The lowest BCUT2D eigenvalue weighted by Gasteiger charge is -2.11. The molecule has 0 amide bonds. The number of anilines is 1. The van der Waals surface area contributed by atoms with Crippen LogP contribution in [0.2, 0.25) is 0 Å². The smallest absolute Gasteiger partial charge is 0.261 e. The third-order valence-electron chi connectivity index (χ3n) is 3.62. The molecule has 4 nitrogen and oxygen atoms in total. The molecule has 23 heavy (non-hydrogen) atoms. The highest BCUT2D eigenvalue weighted by molar-refractivity contribution is 7.92. The van der Waals surface area contributed by atoms with Crippen LogP contribution in [0, 0.1) is 18.3 Å². The summed E-state index contributed by atoms with van der Waals surface area (Å²) in [6.07, 6.45) is 0. The molecule has 3 aromatic rings. The van der Waals surface area contributed by atoms with E-state index < -0.39 is 10.0 Å². The van der Waals surface area contributed by atoms with Crippen molar-refractivity contribution in [1.82, 2.24) is 0 Å². The standard InChI is InChI=1S/C18H14N2O2S/c1-13-6-9-15(10-7-13)23(21,22)20-18-11-8-14(12-19)16-4-2-3-5-17(16)18/h2-11,20H,1H3. The first-order valence-corrected chi connectivity index (χ1v) is 8.51. The molecule has 0 unspecified atom stereocenters. The summed E-state index contributed by atoms with van der Waals surface area (Å²) < 4.78 is 27.7. The molecule has 0 saturated heterocycles. The SMILES string of the molecule is Cc1ccc(S(=O)(=O)Nc2ccc(C#N)c3ccccc23)cc1. The predicted octanol–water partition coefficient (Wildman–Crippen LogP) is 3.82. The minimum Gasteiger partial charge on any atom is -0.279 e. The minimum atomic E-state index is -3.67. The number of benzene rings is 3. The molecule has 0 spiro atoms. The number of aryl methyl sites for hydroxylation is 1. The van der Waals surface area contributed by atoms with E-state index >= 15 is 0 Å². The Bertz CT molecular complexity index is 1020. The van der Waals surface area contributed by atoms with Gasteiger partial charge in [0.1, 0.15) is 0 Å². The molecular formula is C18H14N2O2S. The van der Waals surface area contributed by atoms with Gasteiger partial charge in [-0.25, -0.2) is 8.42 Å². The van der Waals surface area contributed by atoms with Crippen LogP contribution in [-0.4, -0.2) is 8.42 Å². The zero-order valence-corrected chi connectivity index (χ0v) is 13.3. The van der Waals surface area contributed by atoms with Crippen molar-refractivity contribution in [3.05, 3.63) is 71.8 Å². The monoisotopic (exact) mass is 322 g/mol. The Morgan fingerprint density at radius 1 is 0.913 bits per heavy atom. The van der Waals surface area contributed by atoms with Crippen molar-refractivity contribution in [3.63, 3.8) is 0 Å². The normalized spacial score (nSPS) is 11.1. The van der Waals surface area contributed by atoms with Crippen LogP contribution < -0.4 is 4.72 Å². The van der Waals surface area contributed by atoms with Gasteiger partial charge in [-0.3, -0.25) is 4.72 Å². The summed E-state index contributed by atoms with van der Waals surface area (Å²) in [5.41, 5.74) is 1.96. The van der Waals surface area contributed by atoms with Gasteiger partial charge in [0.05, 0.1) is 22.2 Å². The molecule has 0 aliphatic rings. The van der Waals surface area contributed by atoms with E-state index in [1.54, 1.807) is 48.5 Å². The number of sulfonamides is 1. The molecule has 3 aromatic carbocycles. The van der Waals surface area contributed by atoms with Crippen LogP contribution >= 0.6 is 0 Å². The zero-order chi connectivity index (χ0) is 16.4. The van der Waals surface area contributed by atoms with Gasteiger partial charge < -0.3 is 0 Å². The summed E-state index contributed by atoms with van der Waals surface area (Å²) in [6, 6.07) is 19.2. The zero-order valence-electron chi connectivity index (χ0n) is 12.4. The van der Waals surface area contributed by atoms with Crippen molar-refractivity contribution >= 4 is 26.5 Å². The molecule has 0 aromatic heterocycles. The van der Waals surface area contributed by atoms with Crippen LogP contribution in [0.4, 0.5) is 5.69 Å². The first-order chi connectivity index (χ1) is 11.0. The lowest BCUT2D eigenvalue weighted by Crippen LogP contribution is -2.13. The largest absolute Gasteiger partial charge is 0.279 e. The second kappa shape index (κ2) is 5.75. The number of nitrogens with zero attached hydrogens (tertiary/aromatic N) is 1. The van der Waals surface area contributed by atoms with Crippen LogP contribution in [-0.2, 0) is 10.0 Å². The fraction of sp³-hybridized carbons (Fsp3) is 0.0556. The predicted molar refractivity (Wildman–Crippen MR) is 90.7 cm³/mol. The van der Waals surface area contributed by atoms with E-state index in [2.05, 4.69) is 10.8 Å². The maximum Gasteiger partial charge on any atom is 0.261 e. The fourth-order valence-corrected chi connectivity index (χ4v) is 3.49. The summed E-state index contributed by atoms with van der Waals surface area (Å²) in [6.45, 7) is 1.90. The molecule has 0 saturated carbocycles. The van der Waals surface area contributed by atoms with Crippen molar-refractivity contribution in [2.75, 3.05) is 4.72 Å². The van der Waals surface area contributed by atoms with Crippen molar-refractivity contribution in [3.8, 4) is 6.07 Å². The average molecular weight is 322 g/mol. The van der Waals surface area contributed by atoms with Gasteiger partial charge in [-0.1, -0.05) is 42.0 Å². The molecule has 114 valence electrons. The van der Waals surface area contributed by atoms with Gasteiger partial charge in [0.25, 0.3) is 10.0 Å². The Hall–Kier alpha value is -2.84. The maximum absolute atomic E-state index is 12.5. The molecule has 0 heterocycles. The number of fused-ring (bicyclic) bond motifs is 1. The summed E-state index contributed by atoms with van der Waals surface area (Å²) in [4.78, 5) is 0.205. The Balaban J connectivity index is 2.08. The van der Waals surface area contributed by atoms with E-state index in [0.29, 0.717) is 16.6 Å². The molecule has 0 aliphatic carbocycles. The first-order valence-electron chi connectivity index (χ1n) is 7.02. The molecule has 0 atom stereocenters. The Morgan fingerprint density at radius 2 is 1.57 bits per heavy atom. The second-order valence-electron chi connectivity index (χ2n) is 5.24. The topological polar surface area (TPSA) is 70.0 Å². The van der Waals surface area contributed by atoms with E-state index in [1.807, 2.05) is 19.1 Å². The fourth-order valence-electron chi connectivity index (χ4n) is 2.41. The Kier molecular flexibility index (Phi) is 3.77. The molecule has 3 rings (SSSR count). The first kappa shape index (κ1) is 15.1. The van der Waals surface area contributed by atoms with Gasteiger partial charge in [0.15, 0.2) is 0 Å². The lowest BCUT2D eigenvalue weighted by molar-refractivity contribution is 0.601. The highest BCUT2D eigenvalue weighted by atomic mass is 32.2. The molecule has 0 aliphatic heterocycles. The highest BCUT2D eigenvalue weighted by Gasteiger charge is 2.16. The maximum atomic E-state index is 12.5. The van der Waals surface area contributed by atoms with Crippen LogP contribution in [0.25, 0.3) is 10.8 Å². The van der Waals surface area contributed by atoms with Gasteiger partial charge in [-0.05, 0) is 31.2 Å². The van der Waals surface area contributed by atoms with Gasteiger partial charge in [0, 0.05) is 10.8 Å². The van der Waals surface area contributed by atoms with Crippen LogP contribution in [0.15, 0.2) is 65.6 Å². The third kappa shape index (κ3) is 2.89. The van der Waals surface area contributed by atoms with Gasteiger partial charge in [0.2, 0.25) is 0 Å². The lowest BCUT2D eigenvalue weighted by atomic mass is 10.0. The van der Waals surface area contributed by atoms with Crippen LogP contribution in [0.5, 0.6) is 0 Å². The third-order valence-corrected chi connectivity index (χ3v) is 5.00. The second-order valence-corrected chi connectivity index (χ2v) is 6.92. The highest BCUT2D eigenvalue weighted by Crippen LogP contribution is 2.28. The molecule has 0 radical (unpaired) electrons. The molecular weight excluding hydrogens is 308 g/mol. The average Bonchev–Trinajstić information content (AvgIpc) is 2.55. The minimum absolute atomic E-state index is 0.205. The van der Waals surface area contributed by atoms with E-state index in [0.717, 1.165) is 10.9 Å². The number of nitriles is 1. The van der Waals surface area contributed by atoms with E-state index in [1.165, 1.54) is 0 Å². The number of hydrogen-bond acceptors (Lipinski definition) is 3.